The van der Waals surface area contributed by atoms with Crippen molar-refractivity contribution >= 4 is 11.8 Å². The molecular formula is C14H22N2O3. The molecule has 0 aromatic carbocycles. The molecule has 0 aliphatic heterocycles. The van der Waals surface area contributed by atoms with Gasteiger partial charge in [0.1, 0.15) is 12.4 Å². The second-order valence-corrected chi connectivity index (χ2v) is 4.46. The Morgan fingerprint density at radius 2 is 2.11 bits per heavy atom. The molecule has 0 spiro atoms. The standard InChI is InChI=1S/C14H22N2O3/c1-4-8-18-9-10-19-14(17)12-6-5-7-13(16-12)15-11(2)3/h5-7,11H,4,8-10H2,1-3H3,(H,15,16). The molecular weight excluding hydrogens is 244 g/mol. The van der Waals surface area contributed by atoms with E-state index in [0.717, 1.165) is 6.42 Å². The molecule has 19 heavy (non-hydrogen) atoms. The van der Waals surface area contributed by atoms with E-state index in [1.807, 2.05) is 26.8 Å². The van der Waals surface area contributed by atoms with Crippen LogP contribution in [0.25, 0.3) is 0 Å². The number of pyridine rings is 1. The Morgan fingerprint density at radius 1 is 1.32 bits per heavy atom. The van der Waals surface area contributed by atoms with E-state index < -0.39 is 5.97 Å². The summed E-state index contributed by atoms with van der Waals surface area (Å²) in [5.41, 5.74) is 0.307. The Hall–Kier alpha value is -1.62. The zero-order valence-electron chi connectivity index (χ0n) is 11.8. The number of hydrogen-bond donors (Lipinski definition) is 1. The van der Waals surface area contributed by atoms with Crippen molar-refractivity contribution in [2.24, 2.45) is 0 Å². The molecule has 0 amide bonds. The SMILES string of the molecule is CCCOCCOC(=O)c1cccc(NC(C)C)n1. The maximum atomic E-state index is 11.7. The van der Waals surface area contributed by atoms with Crippen LogP contribution in [0.2, 0.25) is 0 Å². The van der Waals surface area contributed by atoms with E-state index in [9.17, 15) is 4.79 Å². The highest BCUT2D eigenvalue weighted by Crippen LogP contribution is 2.07. The van der Waals surface area contributed by atoms with Crippen molar-refractivity contribution in [2.45, 2.75) is 33.2 Å². The van der Waals surface area contributed by atoms with Crippen molar-refractivity contribution in [1.82, 2.24) is 4.98 Å². The Bertz CT molecular complexity index is 394. The van der Waals surface area contributed by atoms with Gasteiger partial charge in [0, 0.05) is 12.6 Å². The van der Waals surface area contributed by atoms with Crippen LogP contribution in [-0.4, -0.2) is 36.8 Å². The Labute approximate surface area is 114 Å². The number of esters is 1. The van der Waals surface area contributed by atoms with E-state index in [2.05, 4.69) is 10.3 Å². The third-order valence-electron chi connectivity index (χ3n) is 2.20. The first-order valence-corrected chi connectivity index (χ1v) is 6.62. The zero-order valence-corrected chi connectivity index (χ0v) is 11.8. The van der Waals surface area contributed by atoms with Crippen LogP contribution in [-0.2, 0) is 9.47 Å². The van der Waals surface area contributed by atoms with E-state index in [4.69, 9.17) is 9.47 Å². The first kappa shape index (κ1) is 15.4. The van der Waals surface area contributed by atoms with Crippen LogP contribution in [0.4, 0.5) is 5.82 Å². The van der Waals surface area contributed by atoms with E-state index >= 15 is 0 Å². The van der Waals surface area contributed by atoms with Crippen LogP contribution in [0.3, 0.4) is 0 Å². The fourth-order valence-electron chi connectivity index (χ4n) is 1.44. The molecule has 5 heteroatoms. The number of hydrogen-bond acceptors (Lipinski definition) is 5. The van der Waals surface area contributed by atoms with Gasteiger partial charge >= 0.3 is 5.97 Å². The van der Waals surface area contributed by atoms with Crippen molar-refractivity contribution in [3.63, 3.8) is 0 Å². The van der Waals surface area contributed by atoms with Gasteiger partial charge in [-0.25, -0.2) is 9.78 Å². The molecule has 0 bridgehead atoms. The number of ether oxygens (including phenoxy) is 2. The third-order valence-corrected chi connectivity index (χ3v) is 2.20. The number of carbonyl (C=O) groups excluding carboxylic acids is 1. The van der Waals surface area contributed by atoms with Gasteiger partial charge in [-0.1, -0.05) is 13.0 Å². The van der Waals surface area contributed by atoms with Gasteiger partial charge in [-0.15, -0.1) is 0 Å². The molecule has 1 N–H and O–H groups in total. The summed E-state index contributed by atoms with van der Waals surface area (Å²) in [6.45, 7) is 7.41. The molecule has 1 aromatic heterocycles. The van der Waals surface area contributed by atoms with Crippen LogP contribution in [0.5, 0.6) is 0 Å². The molecule has 106 valence electrons. The van der Waals surface area contributed by atoms with Gasteiger partial charge in [0.25, 0.3) is 0 Å². The van der Waals surface area contributed by atoms with Crippen LogP contribution in [0, 0.1) is 0 Å². The van der Waals surface area contributed by atoms with Gasteiger partial charge in [-0.05, 0) is 32.4 Å². The molecule has 0 saturated heterocycles. The molecule has 0 saturated carbocycles. The number of anilines is 1. The van der Waals surface area contributed by atoms with Crippen molar-refractivity contribution in [1.29, 1.82) is 0 Å². The normalized spacial score (nSPS) is 10.5. The summed E-state index contributed by atoms with van der Waals surface area (Å²) in [5.74, 6) is 0.249. The highest BCUT2D eigenvalue weighted by Gasteiger charge is 2.09. The lowest BCUT2D eigenvalue weighted by atomic mass is 10.3. The van der Waals surface area contributed by atoms with Gasteiger partial charge in [0.05, 0.1) is 6.61 Å². The van der Waals surface area contributed by atoms with E-state index in [1.54, 1.807) is 12.1 Å². The van der Waals surface area contributed by atoms with Crippen LogP contribution in [0.15, 0.2) is 18.2 Å². The summed E-state index contributed by atoms with van der Waals surface area (Å²) in [7, 11) is 0. The van der Waals surface area contributed by atoms with Gasteiger partial charge < -0.3 is 14.8 Å². The maximum absolute atomic E-state index is 11.7. The topological polar surface area (TPSA) is 60.5 Å². The first-order valence-electron chi connectivity index (χ1n) is 6.62. The van der Waals surface area contributed by atoms with Gasteiger partial charge in [0.15, 0.2) is 5.69 Å². The number of carbonyl (C=O) groups is 1. The highest BCUT2D eigenvalue weighted by atomic mass is 16.6. The zero-order chi connectivity index (χ0) is 14.1. The molecule has 1 rings (SSSR count). The van der Waals surface area contributed by atoms with Crippen molar-refractivity contribution < 1.29 is 14.3 Å². The molecule has 5 nitrogen and oxygen atoms in total. The summed E-state index contributed by atoms with van der Waals surface area (Å²) in [4.78, 5) is 15.9. The average molecular weight is 266 g/mol. The third kappa shape index (κ3) is 6.20. The van der Waals surface area contributed by atoms with Crippen LogP contribution in [0.1, 0.15) is 37.7 Å². The second-order valence-electron chi connectivity index (χ2n) is 4.46. The lowest BCUT2D eigenvalue weighted by Gasteiger charge is -2.10. The lowest BCUT2D eigenvalue weighted by molar-refractivity contribution is 0.0313. The summed E-state index contributed by atoms with van der Waals surface area (Å²) >= 11 is 0. The van der Waals surface area contributed by atoms with Crippen LogP contribution >= 0.6 is 0 Å². The predicted octanol–water partition coefficient (Wildman–Crippen LogP) is 2.49. The molecule has 0 aliphatic rings. The van der Waals surface area contributed by atoms with Gasteiger partial charge in [-0.2, -0.15) is 0 Å². The fraction of sp³-hybridized carbons (Fsp3) is 0.571. The lowest BCUT2D eigenvalue weighted by Crippen LogP contribution is -2.15. The van der Waals surface area contributed by atoms with Gasteiger partial charge in [-0.3, -0.25) is 0 Å². The molecule has 1 aromatic rings. The highest BCUT2D eigenvalue weighted by molar-refractivity contribution is 5.87. The monoisotopic (exact) mass is 266 g/mol. The number of nitrogens with one attached hydrogen (secondary N) is 1. The predicted molar refractivity (Wildman–Crippen MR) is 74.4 cm³/mol. The molecule has 0 radical (unpaired) electrons. The van der Waals surface area contributed by atoms with Crippen LogP contribution < -0.4 is 5.32 Å². The van der Waals surface area contributed by atoms with Gasteiger partial charge in [0.2, 0.25) is 0 Å². The Morgan fingerprint density at radius 3 is 2.79 bits per heavy atom. The minimum absolute atomic E-state index is 0.252. The smallest absolute Gasteiger partial charge is 0.357 e. The molecule has 1 heterocycles. The number of aromatic nitrogens is 1. The van der Waals surface area contributed by atoms with E-state index in [-0.39, 0.29) is 12.6 Å². The summed E-state index contributed by atoms with van der Waals surface area (Å²) < 4.78 is 10.3. The van der Waals surface area contributed by atoms with Crippen molar-refractivity contribution in [3.05, 3.63) is 23.9 Å². The largest absolute Gasteiger partial charge is 0.459 e. The van der Waals surface area contributed by atoms with Crippen molar-refractivity contribution in [3.8, 4) is 0 Å². The first-order chi connectivity index (χ1) is 9.13. The van der Waals surface area contributed by atoms with E-state index in [1.165, 1.54) is 0 Å². The summed E-state index contributed by atoms with van der Waals surface area (Å²) in [6.07, 6.45) is 0.957. The average Bonchev–Trinajstić information content (AvgIpc) is 2.38. The minimum Gasteiger partial charge on any atom is -0.459 e. The fourth-order valence-corrected chi connectivity index (χ4v) is 1.44. The Balaban J connectivity index is 2.43. The quantitative estimate of drug-likeness (QED) is 0.578. The van der Waals surface area contributed by atoms with Crippen molar-refractivity contribution in [2.75, 3.05) is 25.1 Å². The number of rotatable bonds is 8. The second kappa shape index (κ2) is 8.48. The number of nitrogens with zero attached hydrogens (tertiary/aromatic N) is 1. The molecule has 0 fully saturated rings. The molecule has 0 unspecified atom stereocenters. The minimum atomic E-state index is -0.424. The molecule has 0 aliphatic carbocycles. The summed E-state index contributed by atoms with van der Waals surface area (Å²) in [6, 6.07) is 5.50. The maximum Gasteiger partial charge on any atom is 0.357 e. The Kier molecular flexibility index (Phi) is 6.89. The summed E-state index contributed by atoms with van der Waals surface area (Å²) in [5, 5.41) is 3.14. The molecule has 0 atom stereocenters. The van der Waals surface area contributed by atoms with E-state index in [0.29, 0.717) is 24.7 Å².